The quantitative estimate of drug-likeness (QED) is 0.841. The minimum absolute atomic E-state index is 0.181. The number of carboxylic acid groups (broad SMARTS) is 1. The van der Waals surface area contributed by atoms with Crippen LogP contribution >= 0.6 is 0 Å². The van der Waals surface area contributed by atoms with Crippen molar-refractivity contribution < 1.29 is 9.90 Å². The number of aliphatic carboxylic acids is 1. The molecule has 0 saturated heterocycles. The predicted octanol–water partition coefficient (Wildman–Crippen LogP) is 3.24. The van der Waals surface area contributed by atoms with Crippen LogP contribution in [0.4, 0.5) is 5.69 Å². The van der Waals surface area contributed by atoms with Gasteiger partial charge in [-0.15, -0.1) is 0 Å². The number of hydrogen-bond acceptors (Lipinski definition) is 2. The normalized spacial score (nSPS) is 10.7. The fraction of sp³-hybridized carbons (Fsp3) is 0.533. The van der Waals surface area contributed by atoms with Crippen LogP contribution in [0.1, 0.15) is 31.4 Å². The molecule has 0 amide bonds. The first-order valence-corrected chi connectivity index (χ1v) is 6.44. The topological polar surface area (TPSA) is 40.5 Å². The number of nitrogens with zero attached hydrogens (tertiary/aromatic N) is 1. The average Bonchev–Trinajstić information content (AvgIpc) is 2.24. The molecule has 0 radical (unpaired) electrons. The summed E-state index contributed by atoms with van der Waals surface area (Å²) in [6.07, 6.45) is 0.181. The van der Waals surface area contributed by atoms with Gasteiger partial charge in [0, 0.05) is 18.8 Å². The summed E-state index contributed by atoms with van der Waals surface area (Å²) < 4.78 is 0. The first-order chi connectivity index (χ1) is 8.41. The Morgan fingerprint density at radius 3 is 2.28 bits per heavy atom. The summed E-state index contributed by atoms with van der Waals surface area (Å²) in [7, 11) is 0. The second-order valence-electron chi connectivity index (χ2n) is 5.22. The Morgan fingerprint density at radius 1 is 1.28 bits per heavy atom. The molecule has 1 N–H and O–H groups in total. The van der Waals surface area contributed by atoms with E-state index in [9.17, 15) is 4.79 Å². The summed E-state index contributed by atoms with van der Waals surface area (Å²) in [6, 6.07) is 6.20. The highest BCUT2D eigenvalue weighted by molar-refractivity contribution is 5.68. The lowest BCUT2D eigenvalue weighted by Crippen LogP contribution is -2.31. The maximum absolute atomic E-state index is 10.8. The van der Waals surface area contributed by atoms with Crippen molar-refractivity contribution in [1.82, 2.24) is 0 Å². The van der Waals surface area contributed by atoms with Crippen molar-refractivity contribution in [3.05, 3.63) is 29.3 Å². The van der Waals surface area contributed by atoms with Crippen LogP contribution in [0.2, 0.25) is 0 Å². The molecule has 0 aliphatic heterocycles. The van der Waals surface area contributed by atoms with Gasteiger partial charge in [0.15, 0.2) is 0 Å². The third-order valence-electron chi connectivity index (χ3n) is 2.94. The first-order valence-electron chi connectivity index (χ1n) is 6.44. The lowest BCUT2D eigenvalue weighted by Gasteiger charge is -2.29. The highest BCUT2D eigenvalue weighted by atomic mass is 16.4. The molecule has 0 spiro atoms. The van der Waals surface area contributed by atoms with E-state index in [4.69, 9.17) is 5.11 Å². The molecule has 0 saturated carbocycles. The lowest BCUT2D eigenvalue weighted by molar-refractivity contribution is -0.136. The standard InChI is InChI=1S/C15H23NO2/c1-11(2)10-16(9-8-14(17)18)15-12(3)6-5-7-13(15)4/h5-7,11H,8-10H2,1-4H3,(H,17,18). The van der Waals surface area contributed by atoms with E-state index in [2.05, 4.69) is 44.7 Å². The number of hydrogen-bond donors (Lipinski definition) is 1. The van der Waals surface area contributed by atoms with Crippen LogP contribution in [0.25, 0.3) is 0 Å². The molecule has 0 bridgehead atoms. The number of rotatable bonds is 6. The summed E-state index contributed by atoms with van der Waals surface area (Å²) in [4.78, 5) is 13.0. The van der Waals surface area contributed by atoms with E-state index < -0.39 is 5.97 Å². The van der Waals surface area contributed by atoms with Gasteiger partial charge in [-0.05, 0) is 30.9 Å². The molecule has 3 heteroatoms. The minimum Gasteiger partial charge on any atom is -0.481 e. The molecule has 3 nitrogen and oxygen atoms in total. The van der Waals surface area contributed by atoms with Crippen molar-refractivity contribution in [2.75, 3.05) is 18.0 Å². The van der Waals surface area contributed by atoms with Gasteiger partial charge in [0.05, 0.1) is 6.42 Å². The van der Waals surface area contributed by atoms with E-state index in [-0.39, 0.29) is 6.42 Å². The maximum Gasteiger partial charge on any atom is 0.305 e. The number of benzene rings is 1. The Balaban J connectivity index is 2.97. The largest absolute Gasteiger partial charge is 0.481 e. The summed E-state index contributed by atoms with van der Waals surface area (Å²) in [5.41, 5.74) is 3.61. The Bertz CT molecular complexity index is 393. The van der Waals surface area contributed by atoms with Gasteiger partial charge in [0.1, 0.15) is 0 Å². The van der Waals surface area contributed by atoms with Crippen molar-refractivity contribution in [3.8, 4) is 0 Å². The third kappa shape index (κ3) is 4.06. The molecular formula is C15H23NO2. The Kier molecular flexibility index (Phi) is 5.20. The van der Waals surface area contributed by atoms with Crippen LogP contribution in [0.15, 0.2) is 18.2 Å². The second kappa shape index (κ2) is 6.43. The van der Waals surface area contributed by atoms with Crippen LogP contribution in [-0.4, -0.2) is 24.2 Å². The van der Waals surface area contributed by atoms with E-state index in [1.54, 1.807) is 0 Å². The van der Waals surface area contributed by atoms with Crippen LogP contribution in [-0.2, 0) is 4.79 Å². The van der Waals surface area contributed by atoms with Crippen molar-refractivity contribution in [1.29, 1.82) is 0 Å². The zero-order valence-electron chi connectivity index (χ0n) is 11.7. The van der Waals surface area contributed by atoms with Gasteiger partial charge in [-0.3, -0.25) is 4.79 Å². The van der Waals surface area contributed by atoms with Crippen molar-refractivity contribution in [2.24, 2.45) is 5.92 Å². The Hall–Kier alpha value is -1.51. The van der Waals surface area contributed by atoms with Crippen LogP contribution in [0.5, 0.6) is 0 Å². The van der Waals surface area contributed by atoms with Gasteiger partial charge in [0.2, 0.25) is 0 Å². The molecule has 18 heavy (non-hydrogen) atoms. The summed E-state index contributed by atoms with van der Waals surface area (Å²) in [5, 5.41) is 8.86. The van der Waals surface area contributed by atoms with Gasteiger partial charge >= 0.3 is 5.97 Å². The highest BCUT2D eigenvalue weighted by Crippen LogP contribution is 2.25. The zero-order chi connectivity index (χ0) is 13.7. The number of para-hydroxylation sites is 1. The maximum atomic E-state index is 10.8. The highest BCUT2D eigenvalue weighted by Gasteiger charge is 2.14. The monoisotopic (exact) mass is 249 g/mol. The molecule has 0 aromatic heterocycles. The lowest BCUT2D eigenvalue weighted by atomic mass is 10.1. The van der Waals surface area contributed by atoms with Gasteiger partial charge in [-0.1, -0.05) is 32.0 Å². The van der Waals surface area contributed by atoms with Gasteiger partial charge in [0.25, 0.3) is 0 Å². The average molecular weight is 249 g/mol. The van der Waals surface area contributed by atoms with Gasteiger partial charge in [-0.2, -0.15) is 0 Å². The summed E-state index contributed by atoms with van der Waals surface area (Å²) >= 11 is 0. The SMILES string of the molecule is Cc1cccc(C)c1N(CCC(=O)O)CC(C)C. The molecule has 100 valence electrons. The number of carboxylic acids is 1. The first kappa shape index (κ1) is 14.6. The number of anilines is 1. The van der Waals surface area contributed by atoms with E-state index in [1.807, 2.05) is 6.07 Å². The van der Waals surface area contributed by atoms with E-state index in [0.29, 0.717) is 12.5 Å². The summed E-state index contributed by atoms with van der Waals surface area (Å²) in [5.74, 6) is -0.229. The molecule has 0 heterocycles. The molecule has 0 atom stereocenters. The third-order valence-corrected chi connectivity index (χ3v) is 2.94. The Labute approximate surface area is 109 Å². The van der Waals surface area contributed by atoms with Crippen molar-refractivity contribution in [2.45, 2.75) is 34.1 Å². The zero-order valence-corrected chi connectivity index (χ0v) is 11.7. The van der Waals surface area contributed by atoms with Crippen molar-refractivity contribution >= 4 is 11.7 Å². The molecule has 1 aromatic rings. The molecule has 0 unspecified atom stereocenters. The molecule has 0 aliphatic carbocycles. The van der Waals surface area contributed by atoms with Gasteiger partial charge in [-0.25, -0.2) is 0 Å². The van der Waals surface area contributed by atoms with Crippen molar-refractivity contribution in [3.63, 3.8) is 0 Å². The number of carbonyl (C=O) groups is 1. The molecule has 0 fully saturated rings. The Morgan fingerprint density at radius 2 is 1.83 bits per heavy atom. The number of aryl methyl sites for hydroxylation is 2. The molecule has 0 aliphatic rings. The summed E-state index contributed by atoms with van der Waals surface area (Å²) in [6.45, 7) is 9.92. The van der Waals surface area contributed by atoms with Crippen LogP contribution in [0, 0.1) is 19.8 Å². The fourth-order valence-electron chi connectivity index (χ4n) is 2.27. The molecule has 1 aromatic carbocycles. The van der Waals surface area contributed by atoms with E-state index >= 15 is 0 Å². The van der Waals surface area contributed by atoms with Crippen LogP contribution in [0.3, 0.4) is 0 Å². The van der Waals surface area contributed by atoms with Gasteiger partial charge < -0.3 is 10.0 Å². The van der Waals surface area contributed by atoms with E-state index in [0.717, 1.165) is 6.54 Å². The molecule has 1 rings (SSSR count). The van der Waals surface area contributed by atoms with Crippen LogP contribution < -0.4 is 4.90 Å². The smallest absolute Gasteiger partial charge is 0.305 e. The molecular weight excluding hydrogens is 226 g/mol. The predicted molar refractivity (Wildman–Crippen MR) is 75.2 cm³/mol. The van der Waals surface area contributed by atoms with E-state index in [1.165, 1.54) is 16.8 Å². The minimum atomic E-state index is -0.741. The second-order valence-corrected chi connectivity index (χ2v) is 5.22. The fourth-order valence-corrected chi connectivity index (χ4v) is 2.27.